The second-order valence-corrected chi connectivity index (χ2v) is 6.69. The van der Waals surface area contributed by atoms with E-state index in [2.05, 4.69) is 0 Å². The fourth-order valence-electron chi connectivity index (χ4n) is 2.28. The fourth-order valence-corrected chi connectivity index (χ4v) is 3.73. The molecule has 0 aliphatic carbocycles. The highest BCUT2D eigenvalue weighted by Crippen LogP contribution is 2.34. The quantitative estimate of drug-likeness (QED) is 0.863. The number of para-hydroxylation sites is 1. The van der Waals surface area contributed by atoms with Crippen molar-refractivity contribution in [2.75, 3.05) is 13.2 Å². The minimum Gasteiger partial charge on any atom is -0.486 e. The van der Waals surface area contributed by atoms with Crippen LogP contribution in [-0.2, 0) is 22.3 Å². The van der Waals surface area contributed by atoms with Crippen molar-refractivity contribution in [3.8, 4) is 11.5 Å². The molecule has 5 heteroatoms. The largest absolute Gasteiger partial charge is 0.486 e. The van der Waals surface area contributed by atoms with Crippen molar-refractivity contribution in [2.24, 2.45) is 0 Å². The zero-order valence-electron chi connectivity index (χ0n) is 11.4. The molecule has 1 heterocycles. The maximum Gasteiger partial charge on any atom is 0.165 e. The predicted octanol–water partition coefficient (Wildman–Crippen LogP) is 3.56. The van der Waals surface area contributed by atoms with Gasteiger partial charge in [-0.15, -0.1) is 0 Å². The summed E-state index contributed by atoms with van der Waals surface area (Å²) in [6, 6.07) is 13.2. The van der Waals surface area contributed by atoms with Crippen molar-refractivity contribution >= 4 is 22.4 Å². The number of hydrogen-bond donors (Lipinski definition) is 0. The third kappa shape index (κ3) is 3.57. The minimum atomic E-state index is -1.02. The van der Waals surface area contributed by atoms with E-state index in [0.29, 0.717) is 29.7 Å². The molecule has 1 aliphatic rings. The van der Waals surface area contributed by atoms with Crippen LogP contribution in [0.4, 0.5) is 0 Å². The molecule has 21 heavy (non-hydrogen) atoms. The van der Waals surface area contributed by atoms with Crippen molar-refractivity contribution in [3.05, 3.63) is 58.6 Å². The SMILES string of the molecule is O=[S@](Cc1cccc(Cl)c1)Cc1cccc2c1OCCO2. The van der Waals surface area contributed by atoms with Gasteiger partial charge in [-0.2, -0.15) is 0 Å². The molecule has 0 aromatic heterocycles. The Hall–Kier alpha value is -1.52. The van der Waals surface area contributed by atoms with Crippen molar-refractivity contribution in [1.82, 2.24) is 0 Å². The van der Waals surface area contributed by atoms with Gasteiger partial charge in [-0.1, -0.05) is 35.9 Å². The highest BCUT2D eigenvalue weighted by atomic mass is 35.5. The lowest BCUT2D eigenvalue weighted by Crippen LogP contribution is -2.17. The van der Waals surface area contributed by atoms with Gasteiger partial charge in [-0.25, -0.2) is 0 Å². The topological polar surface area (TPSA) is 35.5 Å². The van der Waals surface area contributed by atoms with Gasteiger partial charge in [-0.3, -0.25) is 4.21 Å². The van der Waals surface area contributed by atoms with Gasteiger partial charge < -0.3 is 9.47 Å². The van der Waals surface area contributed by atoms with E-state index < -0.39 is 10.8 Å². The molecule has 3 rings (SSSR count). The van der Waals surface area contributed by atoms with Gasteiger partial charge in [0.15, 0.2) is 11.5 Å². The first-order valence-corrected chi connectivity index (χ1v) is 8.56. The summed E-state index contributed by atoms with van der Waals surface area (Å²) >= 11 is 5.95. The third-order valence-electron chi connectivity index (χ3n) is 3.18. The highest BCUT2D eigenvalue weighted by Gasteiger charge is 2.17. The molecule has 2 aromatic carbocycles. The first-order chi connectivity index (χ1) is 10.2. The van der Waals surface area contributed by atoms with Gasteiger partial charge in [0.1, 0.15) is 13.2 Å². The highest BCUT2D eigenvalue weighted by molar-refractivity contribution is 7.83. The Bertz CT molecular complexity index is 672. The first kappa shape index (κ1) is 14.4. The maximum atomic E-state index is 12.4. The second kappa shape index (κ2) is 6.50. The average Bonchev–Trinajstić information content (AvgIpc) is 2.47. The molecule has 0 N–H and O–H groups in total. The zero-order chi connectivity index (χ0) is 14.7. The van der Waals surface area contributed by atoms with E-state index in [9.17, 15) is 4.21 Å². The molecule has 2 aromatic rings. The van der Waals surface area contributed by atoms with Crippen LogP contribution in [0.3, 0.4) is 0 Å². The lowest BCUT2D eigenvalue weighted by atomic mass is 10.2. The van der Waals surface area contributed by atoms with E-state index in [-0.39, 0.29) is 0 Å². The Morgan fingerprint density at radius 1 is 1.05 bits per heavy atom. The van der Waals surface area contributed by atoms with Gasteiger partial charge in [0.05, 0.1) is 5.75 Å². The van der Waals surface area contributed by atoms with Crippen molar-refractivity contribution < 1.29 is 13.7 Å². The van der Waals surface area contributed by atoms with E-state index >= 15 is 0 Å². The summed E-state index contributed by atoms with van der Waals surface area (Å²) in [6.45, 7) is 1.09. The van der Waals surface area contributed by atoms with E-state index in [1.54, 1.807) is 0 Å². The van der Waals surface area contributed by atoms with Crippen molar-refractivity contribution in [2.45, 2.75) is 11.5 Å². The van der Waals surface area contributed by atoms with Crippen LogP contribution in [0.15, 0.2) is 42.5 Å². The van der Waals surface area contributed by atoms with Crippen molar-refractivity contribution in [3.63, 3.8) is 0 Å². The molecule has 0 bridgehead atoms. The van der Waals surface area contributed by atoms with Gasteiger partial charge >= 0.3 is 0 Å². The van der Waals surface area contributed by atoms with Crippen molar-refractivity contribution in [1.29, 1.82) is 0 Å². The number of benzene rings is 2. The fraction of sp³-hybridized carbons (Fsp3) is 0.250. The van der Waals surface area contributed by atoms with Gasteiger partial charge in [0.2, 0.25) is 0 Å². The summed E-state index contributed by atoms with van der Waals surface area (Å²) in [5.41, 5.74) is 1.90. The van der Waals surface area contributed by atoms with Crippen LogP contribution in [0.1, 0.15) is 11.1 Å². The first-order valence-electron chi connectivity index (χ1n) is 6.69. The number of halogens is 1. The molecule has 0 fully saturated rings. The molecule has 110 valence electrons. The van der Waals surface area contributed by atoms with E-state index in [4.69, 9.17) is 21.1 Å². The van der Waals surface area contributed by atoms with Crippen LogP contribution in [0.25, 0.3) is 0 Å². The molecule has 0 spiro atoms. The van der Waals surface area contributed by atoms with Crippen LogP contribution in [-0.4, -0.2) is 17.4 Å². The Morgan fingerprint density at radius 2 is 1.86 bits per heavy atom. The van der Waals surface area contributed by atoms with Gasteiger partial charge in [0, 0.05) is 27.1 Å². The predicted molar refractivity (Wildman–Crippen MR) is 84.4 cm³/mol. The standard InChI is InChI=1S/C16H15ClO3S/c17-14-5-1-3-12(9-14)10-21(18)11-13-4-2-6-15-16(13)20-8-7-19-15/h1-6,9H,7-8,10-11H2/t21-/m1/s1. The molecule has 0 saturated carbocycles. The molecule has 0 saturated heterocycles. The summed E-state index contributed by atoms with van der Waals surface area (Å²) in [4.78, 5) is 0. The van der Waals surface area contributed by atoms with Crippen LogP contribution in [0.2, 0.25) is 5.02 Å². The number of rotatable bonds is 4. The Morgan fingerprint density at radius 3 is 2.71 bits per heavy atom. The maximum absolute atomic E-state index is 12.4. The molecule has 0 radical (unpaired) electrons. The lowest BCUT2D eigenvalue weighted by molar-refractivity contribution is 0.170. The minimum absolute atomic E-state index is 0.443. The van der Waals surface area contributed by atoms with Crippen LogP contribution in [0.5, 0.6) is 11.5 Å². The smallest absolute Gasteiger partial charge is 0.165 e. The molecular weight excluding hydrogens is 308 g/mol. The monoisotopic (exact) mass is 322 g/mol. The molecular formula is C16H15ClO3S. The Labute approximate surface area is 131 Å². The third-order valence-corrected chi connectivity index (χ3v) is 4.70. The Kier molecular flexibility index (Phi) is 4.46. The van der Waals surface area contributed by atoms with Crippen LogP contribution >= 0.6 is 11.6 Å². The average molecular weight is 323 g/mol. The second-order valence-electron chi connectivity index (χ2n) is 4.80. The van der Waals surface area contributed by atoms with E-state index in [0.717, 1.165) is 22.6 Å². The summed E-state index contributed by atoms with van der Waals surface area (Å²) in [5, 5.41) is 0.665. The molecule has 0 amide bonds. The number of ether oxygens (including phenoxy) is 2. The normalized spacial score (nSPS) is 14.7. The van der Waals surface area contributed by atoms with E-state index in [1.807, 2.05) is 42.5 Å². The summed E-state index contributed by atoms with van der Waals surface area (Å²) in [5.74, 6) is 2.38. The summed E-state index contributed by atoms with van der Waals surface area (Å²) < 4.78 is 23.5. The van der Waals surface area contributed by atoms with E-state index in [1.165, 1.54) is 0 Å². The van der Waals surface area contributed by atoms with Crippen LogP contribution in [0, 0.1) is 0 Å². The molecule has 0 unspecified atom stereocenters. The Balaban J connectivity index is 1.73. The summed E-state index contributed by atoms with van der Waals surface area (Å²) in [7, 11) is -1.02. The molecule has 3 nitrogen and oxygen atoms in total. The number of fused-ring (bicyclic) bond motifs is 1. The lowest BCUT2D eigenvalue weighted by Gasteiger charge is -2.20. The number of hydrogen-bond acceptors (Lipinski definition) is 3. The summed E-state index contributed by atoms with van der Waals surface area (Å²) in [6.07, 6.45) is 0. The van der Waals surface area contributed by atoms with Gasteiger partial charge in [-0.05, 0) is 23.8 Å². The molecule has 1 aliphatic heterocycles. The molecule has 1 atom stereocenters. The zero-order valence-corrected chi connectivity index (χ0v) is 13.0. The van der Waals surface area contributed by atoms with Gasteiger partial charge in [0.25, 0.3) is 0 Å². The van der Waals surface area contributed by atoms with Crippen LogP contribution < -0.4 is 9.47 Å².